The van der Waals surface area contributed by atoms with Gasteiger partial charge in [0.2, 0.25) is 5.91 Å². The third-order valence-corrected chi connectivity index (χ3v) is 6.19. The van der Waals surface area contributed by atoms with E-state index in [1.165, 1.54) is 6.08 Å². The lowest BCUT2D eigenvalue weighted by Crippen LogP contribution is -2.52. The second-order valence-corrected chi connectivity index (χ2v) is 8.23. The topological polar surface area (TPSA) is 72.8 Å². The van der Waals surface area contributed by atoms with E-state index in [2.05, 4.69) is 5.32 Å². The van der Waals surface area contributed by atoms with Gasteiger partial charge in [0, 0.05) is 43.4 Å². The highest BCUT2D eigenvalue weighted by Gasteiger charge is 2.35. The number of benzene rings is 1. The molecule has 0 unspecified atom stereocenters. The normalized spacial score (nSPS) is 19.6. The Balaban J connectivity index is 1.39. The molecule has 8 heteroatoms. The number of carbonyl (C=O) groups excluding carboxylic acids is 1. The van der Waals surface area contributed by atoms with Crippen molar-refractivity contribution in [1.29, 1.82) is 0 Å². The van der Waals surface area contributed by atoms with Crippen molar-refractivity contribution in [1.82, 2.24) is 14.8 Å². The number of amides is 1. The van der Waals surface area contributed by atoms with Gasteiger partial charge in [-0.05, 0) is 54.4 Å². The molecule has 2 atom stereocenters. The van der Waals surface area contributed by atoms with Crippen LogP contribution in [0.3, 0.4) is 0 Å². The fraction of sp³-hybridized carbons (Fsp3) is 0.348. The number of fused-ring (bicyclic) bond motifs is 4. The van der Waals surface area contributed by atoms with E-state index >= 15 is 0 Å². The Hall–Kier alpha value is -3.13. The maximum Gasteiger partial charge on any atom is 0.250 e. The van der Waals surface area contributed by atoms with Crippen LogP contribution < -0.4 is 20.3 Å². The van der Waals surface area contributed by atoms with Crippen LogP contribution in [-0.2, 0) is 11.3 Å². The van der Waals surface area contributed by atoms with Crippen LogP contribution in [0.5, 0.6) is 11.5 Å². The SMILES string of the molecule is COc1ccc(/C=C/C(=O)NC(=S)N2C[C@H]3C[C@@H](C2)c2cccc(=O)n2C3)cc1OC. The molecule has 2 aliphatic heterocycles. The van der Waals surface area contributed by atoms with E-state index in [-0.39, 0.29) is 17.4 Å². The van der Waals surface area contributed by atoms with Crippen LogP contribution in [0.25, 0.3) is 6.08 Å². The molecule has 0 aliphatic carbocycles. The molecule has 1 aromatic carbocycles. The summed E-state index contributed by atoms with van der Waals surface area (Å²) in [5, 5.41) is 3.22. The van der Waals surface area contributed by atoms with Crippen LogP contribution in [0.15, 0.2) is 47.3 Å². The monoisotopic (exact) mass is 439 g/mol. The molecule has 1 fully saturated rings. The third-order valence-electron chi connectivity index (χ3n) is 5.83. The van der Waals surface area contributed by atoms with E-state index in [0.29, 0.717) is 35.6 Å². The predicted octanol–water partition coefficient (Wildman–Crippen LogP) is 2.40. The second-order valence-electron chi connectivity index (χ2n) is 7.85. The van der Waals surface area contributed by atoms with Crippen molar-refractivity contribution in [2.24, 2.45) is 5.92 Å². The molecule has 1 N–H and O–H groups in total. The average Bonchev–Trinajstić information content (AvgIpc) is 2.78. The van der Waals surface area contributed by atoms with Gasteiger partial charge in [0.1, 0.15) is 0 Å². The molecule has 2 bridgehead atoms. The molecular weight excluding hydrogens is 414 g/mol. The van der Waals surface area contributed by atoms with E-state index in [1.54, 1.807) is 38.5 Å². The Morgan fingerprint density at radius 1 is 1.13 bits per heavy atom. The van der Waals surface area contributed by atoms with Gasteiger partial charge in [-0.2, -0.15) is 0 Å². The van der Waals surface area contributed by atoms with Crippen molar-refractivity contribution >= 4 is 29.3 Å². The molecule has 1 amide bonds. The Morgan fingerprint density at radius 3 is 2.71 bits per heavy atom. The number of methoxy groups -OCH3 is 2. The summed E-state index contributed by atoms with van der Waals surface area (Å²) < 4.78 is 12.4. The molecule has 3 heterocycles. The highest BCUT2D eigenvalue weighted by Crippen LogP contribution is 2.35. The highest BCUT2D eigenvalue weighted by atomic mass is 32.1. The number of ether oxygens (including phenoxy) is 2. The summed E-state index contributed by atoms with van der Waals surface area (Å²) in [6.45, 7) is 2.12. The van der Waals surface area contributed by atoms with Gasteiger partial charge >= 0.3 is 0 Å². The third kappa shape index (κ3) is 4.49. The molecule has 0 radical (unpaired) electrons. The van der Waals surface area contributed by atoms with Crippen molar-refractivity contribution in [3.8, 4) is 11.5 Å². The van der Waals surface area contributed by atoms with Crippen molar-refractivity contribution in [3.63, 3.8) is 0 Å². The number of hydrogen-bond acceptors (Lipinski definition) is 5. The van der Waals surface area contributed by atoms with Gasteiger partial charge in [0.05, 0.1) is 14.2 Å². The molecule has 0 saturated carbocycles. The van der Waals surface area contributed by atoms with Gasteiger partial charge in [-0.3, -0.25) is 14.9 Å². The first-order valence-corrected chi connectivity index (χ1v) is 10.6. The molecular formula is C23H25N3O4S. The van der Waals surface area contributed by atoms with Crippen LogP contribution in [0.1, 0.15) is 23.6 Å². The van der Waals surface area contributed by atoms with E-state index < -0.39 is 0 Å². The molecule has 1 aromatic heterocycles. The number of likely N-dealkylation sites (tertiary alicyclic amines) is 1. The number of aromatic nitrogens is 1. The summed E-state index contributed by atoms with van der Waals surface area (Å²) in [4.78, 5) is 26.6. The smallest absolute Gasteiger partial charge is 0.250 e. The number of piperidine rings is 1. The van der Waals surface area contributed by atoms with Gasteiger partial charge in [0.15, 0.2) is 16.6 Å². The first kappa shape index (κ1) is 21.1. The summed E-state index contributed by atoms with van der Waals surface area (Å²) in [5.41, 5.74) is 1.92. The first-order valence-electron chi connectivity index (χ1n) is 10.2. The molecule has 2 aliphatic rings. The number of pyridine rings is 1. The summed E-state index contributed by atoms with van der Waals surface area (Å²) in [6.07, 6.45) is 4.19. The molecule has 7 nitrogen and oxygen atoms in total. The number of carbonyl (C=O) groups is 1. The number of thiocarbonyl (C=S) groups is 1. The maximum absolute atomic E-state index is 12.4. The minimum absolute atomic E-state index is 0.0526. The van der Waals surface area contributed by atoms with Crippen LogP contribution in [0.4, 0.5) is 0 Å². The van der Waals surface area contributed by atoms with Gasteiger partial charge in [0.25, 0.3) is 5.56 Å². The predicted molar refractivity (Wildman–Crippen MR) is 122 cm³/mol. The van der Waals surface area contributed by atoms with Crippen molar-refractivity contribution < 1.29 is 14.3 Å². The highest BCUT2D eigenvalue weighted by molar-refractivity contribution is 7.80. The minimum atomic E-state index is -0.285. The fourth-order valence-corrected chi connectivity index (χ4v) is 4.67. The summed E-state index contributed by atoms with van der Waals surface area (Å²) in [7, 11) is 3.15. The Kier molecular flexibility index (Phi) is 6.08. The number of rotatable bonds is 4. The van der Waals surface area contributed by atoms with Crippen molar-refractivity contribution in [3.05, 3.63) is 64.1 Å². The largest absolute Gasteiger partial charge is 0.493 e. The summed E-state index contributed by atoms with van der Waals surface area (Å²) in [6, 6.07) is 10.9. The molecule has 1 saturated heterocycles. The zero-order valence-electron chi connectivity index (χ0n) is 17.5. The Bertz CT molecular complexity index is 1090. The van der Waals surface area contributed by atoms with Gasteiger partial charge in [-0.15, -0.1) is 0 Å². The first-order chi connectivity index (χ1) is 15.0. The summed E-state index contributed by atoms with van der Waals surface area (Å²) >= 11 is 5.51. The second kappa shape index (κ2) is 8.93. The van der Waals surface area contributed by atoms with Crippen LogP contribution >= 0.6 is 12.2 Å². The van der Waals surface area contributed by atoms with Crippen LogP contribution in [0.2, 0.25) is 0 Å². The maximum atomic E-state index is 12.4. The van der Waals surface area contributed by atoms with Gasteiger partial charge in [-0.1, -0.05) is 12.1 Å². The summed E-state index contributed by atoms with van der Waals surface area (Å²) in [5.74, 6) is 1.51. The van der Waals surface area contributed by atoms with E-state index in [0.717, 1.165) is 24.2 Å². The lowest BCUT2D eigenvalue weighted by atomic mass is 9.83. The zero-order valence-corrected chi connectivity index (χ0v) is 18.4. The van der Waals surface area contributed by atoms with Crippen LogP contribution in [0, 0.1) is 5.92 Å². The van der Waals surface area contributed by atoms with Gasteiger partial charge in [-0.25, -0.2) is 0 Å². The van der Waals surface area contributed by atoms with Crippen LogP contribution in [-0.4, -0.2) is 47.8 Å². The molecule has 162 valence electrons. The van der Waals surface area contributed by atoms with Crippen molar-refractivity contribution in [2.75, 3.05) is 27.3 Å². The van der Waals surface area contributed by atoms with E-state index in [4.69, 9.17) is 21.7 Å². The van der Waals surface area contributed by atoms with E-state index in [1.807, 2.05) is 27.7 Å². The van der Waals surface area contributed by atoms with E-state index in [9.17, 15) is 9.59 Å². The molecule has 2 aromatic rings. The Morgan fingerprint density at radius 2 is 1.94 bits per heavy atom. The van der Waals surface area contributed by atoms with Crippen molar-refractivity contribution in [2.45, 2.75) is 18.9 Å². The minimum Gasteiger partial charge on any atom is -0.493 e. The molecule has 4 rings (SSSR count). The van der Waals surface area contributed by atoms with Gasteiger partial charge < -0.3 is 18.9 Å². The quantitative estimate of drug-likeness (QED) is 0.583. The molecule has 31 heavy (non-hydrogen) atoms. The number of nitrogens with one attached hydrogen (secondary N) is 1. The lowest BCUT2D eigenvalue weighted by molar-refractivity contribution is -0.115. The average molecular weight is 440 g/mol. The number of hydrogen-bond donors (Lipinski definition) is 1. The fourth-order valence-electron chi connectivity index (χ4n) is 4.42. The lowest BCUT2D eigenvalue weighted by Gasteiger charge is -2.43. The Labute approximate surface area is 186 Å². The number of nitrogens with zero attached hydrogens (tertiary/aromatic N) is 2. The zero-order chi connectivity index (χ0) is 22.0. The molecule has 0 spiro atoms. The standard InChI is InChI=1S/C23H25N3O4S/c1-29-19-8-6-15(11-20(19)30-2)7-9-21(27)24-23(31)25-12-16-10-17(14-25)18-4-3-5-22(28)26(18)13-16/h3-9,11,16-17H,10,12-14H2,1-2H3,(H,24,27,31)/b9-7+/t16-,17+/m1/s1.